The van der Waals surface area contributed by atoms with E-state index >= 15 is 0 Å². The molecule has 5 heteroatoms. The first-order chi connectivity index (χ1) is 9.08. The zero-order valence-corrected chi connectivity index (χ0v) is 11.3. The number of carbonyl (C=O) groups is 2. The number of carbonyl (C=O) groups excluding carboxylic acids is 1. The molecule has 0 atom stereocenters. The normalized spacial score (nSPS) is 21.2. The maximum absolute atomic E-state index is 12.3. The molecule has 0 aromatic rings. The van der Waals surface area contributed by atoms with Crippen LogP contribution in [-0.4, -0.2) is 47.7 Å². The summed E-state index contributed by atoms with van der Waals surface area (Å²) in [6.07, 6.45) is 5.35. The first-order valence-corrected chi connectivity index (χ1v) is 6.86. The van der Waals surface area contributed by atoms with Crippen molar-refractivity contribution in [1.82, 2.24) is 4.90 Å². The van der Waals surface area contributed by atoms with Crippen molar-refractivity contribution in [3.63, 3.8) is 0 Å². The molecule has 1 saturated carbocycles. The molecule has 106 valence electrons. The molecule has 0 unspecified atom stereocenters. The number of carboxylic acids is 1. The Labute approximate surface area is 113 Å². The third-order valence-electron chi connectivity index (χ3n) is 3.79. The average molecular weight is 267 g/mol. The van der Waals surface area contributed by atoms with E-state index in [9.17, 15) is 9.59 Å². The van der Waals surface area contributed by atoms with Crippen LogP contribution in [0.1, 0.15) is 32.6 Å². The first kappa shape index (κ1) is 14.1. The molecule has 2 fully saturated rings. The van der Waals surface area contributed by atoms with E-state index in [1.807, 2.05) is 6.92 Å². The molecule has 0 spiro atoms. The fourth-order valence-electron chi connectivity index (χ4n) is 2.46. The van der Waals surface area contributed by atoms with Crippen molar-refractivity contribution in [1.29, 1.82) is 0 Å². The van der Waals surface area contributed by atoms with E-state index in [0.717, 1.165) is 31.3 Å². The predicted molar refractivity (Wildman–Crippen MR) is 69.7 cm³/mol. The van der Waals surface area contributed by atoms with Crippen LogP contribution in [0.2, 0.25) is 0 Å². The Kier molecular flexibility index (Phi) is 4.58. The van der Waals surface area contributed by atoms with Crippen LogP contribution in [0.5, 0.6) is 0 Å². The smallest absolute Gasteiger partial charge is 0.323 e. The summed E-state index contributed by atoms with van der Waals surface area (Å²) in [5, 5.41) is 8.97. The van der Waals surface area contributed by atoms with Crippen molar-refractivity contribution in [2.75, 3.05) is 19.8 Å². The molecule has 1 saturated heterocycles. The topological polar surface area (TPSA) is 66.8 Å². The Bertz CT molecular complexity index is 381. The van der Waals surface area contributed by atoms with Gasteiger partial charge in [-0.1, -0.05) is 5.57 Å². The molecule has 1 aliphatic carbocycles. The van der Waals surface area contributed by atoms with Crippen molar-refractivity contribution in [2.45, 2.75) is 38.6 Å². The number of rotatable bonds is 5. The van der Waals surface area contributed by atoms with Gasteiger partial charge >= 0.3 is 5.97 Å². The summed E-state index contributed by atoms with van der Waals surface area (Å²) < 4.78 is 5.26. The summed E-state index contributed by atoms with van der Waals surface area (Å²) in [5.74, 6) is -0.596. The lowest BCUT2D eigenvalue weighted by molar-refractivity contribution is -0.145. The minimum Gasteiger partial charge on any atom is -0.480 e. The summed E-state index contributed by atoms with van der Waals surface area (Å²) in [6.45, 7) is 2.93. The van der Waals surface area contributed by atoms with Gasteiger partial charge in [0, 0.05) is 25.3 Å². The van der Waals surface area contributed by atoms with Crippen molar-refractivity contribution in [2.24, 2.45) is 5.92 Å². The lowest BCUT2D eigenvalue weighted by Crippen LogP contribution is -2.45. The van der Waals surface area contributed by atoms with Gasteiger partial charge in [0.1, 0.15) is 6.54 Å². The number of ether oxygens (including phenoxy) is 1. The molecule has 1 heterocycles. The Balaban J connectivity index is 2.04. The number of aliphatic carboxylic acids is 1. The van der Waals surface area contributed by atoms with E-state index in [1.165, 1.54) is 4.90 Å². The predicted octanol–water partition coefficient (Wildman–Crippen LogP) is 1.43. The van der Waals surface area contributed by atoms with Gasteiger partial charge in [-0.25, -0.2) is 0 Å². The molecule has 1 N–H and O–H groups in total. The summed E-state index contributed by atoms with van der Waals surface area (Å²) in [6, 6.07) is -0.0133. The number of nitrogens with zero attached hydrogens (tertiary/aromatic N) is 1. The average Bonchev–Trinajstić information content (AvgIpc) is 3.20. The molecule has 5 nitrogen and oxygen atoms in total. The van der Waals surface area contributed by atoms with Gasteiger partial charge in [-0.2, -0.15) is 0 Å². The monoisotopic (exact) mass is 267 g/mol. The Hall–Kier alpha value is -1.36. The quantitative estimate of drug-likeness (QED) is 0.765. The van der Waals surface area contributed by atoms with E-state index in [2.05, 4.69) is 0 Å². The van der Waals surface area contributed by atoms with E-state index in [1.54, 1.807) is 6.08 Å². The minimum atomic E-state index is -0.961. The van der Waals surface area contributed by atoms with Gasteiger partial charge < -0.3 is 14.7 Å². The maximum Gasteiger partial charge on any atom is 0.323 e. The Morgan fingerprint density at radius 2 is 1.89 bits per heavy atom. The molecule has 19 heavy (non-hydrogen) atoms. The minimum absolute atomic E-state index is 0.0133. The summed E-state index contributed by atoms with van der Waals surface area (Å²) in [4.78, 5) is 24.7. The van der Waals surface area contributed by atoms with Gasteiger partial charge in [-0.15, -0.1) is 0 Å². The van der Waals surface area contributed by atoms with Gasteiger partial charge in [0.25, 0.3) is 0 Å². The summed E-state index contributed by atoms with van der Waals surface area (Å²) in [7, 11) is 0. The van der Waals surface area contributed by atoms with E-state index in [4.69, 9.17) is 9.84 Å². The van der Waals surface area contributed by atoms with Crippen LogP contribution in [0.25, 0.3) is 0 Å². The van der Waals surface area contributed by atoms with Gasteiger partial charge in [-0.3, -0.25) is 9.59 Å². The first-order valence-electron chi connectivity index (χ1n) is 6.86. The van der Waals surface area contributed by atoms with E-state index < -0.39 is 5.97 Å². The number of carboxylic acid groups (broad SMARTS) is 1. The molecular weight excluding hydrogens is 246 g/mol. The Morgan fingerprint density at radius 3 is 2.42 bits per heavy atom. The van der Waals surface area contributed by atoms with Crippen LogP contribution < -0.4 is 0 Å². The molecule has 2 aliphatic rings. The summed E-state index contributed by atoms with van der Waals surface area (Å²) >= 11 is 0. The fourth-order valence-corrected chi connectivity index (χ4v) is 2.46. The van der Waals surface area contributed by atoms with Crippen LogP contribution in [0.15, 0.2) is 11.6 Å². The standard InChI is InChI=1S/C14H21NO4/c1-10(11-2-3-11)8-13(16)15(9-14(17)18)12-4-6-19-7-5-12/h8,11-12H,2-7,9H2,1H3,(H,17,18). The van der Waals surface area contributed by atoms with Crippen LogP contribution in [0, 0.1) is 5.92 Å². The lowest BCUT2D eigenvalue weighted by atomic mass is 10.1. The molecule has 1 amide bonds. The van der Waals surface area contributed by atoms with Gasteiger partial charge in [-0.05, 0) is 38.5 Å². The molecule has 0 radical (unpaired) electrons. The third kappa shape index (κ3) is 4.06. The highest BCUT2D eigenvalue weighted by molar-refractivity contribution is 5.91. The number of allylic oxidation sites excluding steroid dienone is 1. The zero-order chi connectivity index (χ0) is 13.8. The van der Waals surface area contributed by atoms with Crippen LogP contribution in [0.4, 0.5) is 0 Å². The van der Waals surface area contributed by atoms with Crippen molar-refractivity contribution < 1.29 is 19.4 Å². The molecule has 0 bridgehead atoms. The van der Waals surface area contributed by atoms with E-state index in [0.29, 0.717) is 19.1 Å². The van der Waals surface area contributed by atoms with E-state index in [-0.39, 0.29) is 18.5 Å². The van der Waals surface area contributed by atoms with Gasteiger partial charge in [0.05, 0.1) is 0 Å². The van der Waals surface area contributed by atoms with Crippen LogP contribution >= 0.6 is 0 Å². The number of hydrogen-bond donors (Lipinski definition) is 1. The van der Waals surface area contributed by atoms with Crippen LogP contribution in [0.3, 0.4) is 0 Å². The summed E-state index contributed by atoms with van der Waals surface area (Å²) in [5.41, 5.74) is 1.08. The SMILES string of the molecule is CC(=CC(=O)N(CC(=O)O)C1CCOCC1)C1CC1. The fraction of sp³-hybridized carbons (Fsp3) is 0.714. The second kappa shape index (κ2) is 6.19. The molecule has 1 aliphatic heterocycles. The highest BCUT2D eigenvalue weighted by Gasteiger charge is 2.28. The van der Waals surface area contributed by atoms with Gasteiger partial charge in [0.15, 0.2) is 0 Å². The van der Waals surface area contributed by atoms with Crippen LogP contribution in [-0.2, 0) is 14.3 Å². The molecule has 0 aromatic heterocycles. The second-order valence-electron chi connectivity index (χ2n) is 5.37. The zero-order valence-electron chi connectivity index (χ0n) is 11.3. The maximum atomic E-state index is 12.3. The molecular formula is C14H21NO4. The number of hydrogen-bond acceptors (Lipinski definition) is 3. The third-order valence-corrected chi connectivity index (χ3v) is 3.79. The molecule has 2 rings (SSSR count). The highest BCUT2D eigenvalue weighted by Crippen LogP contribution is 2.36. The molecule has 0 aromatic carbocycles. The van der Waals surface area contributed by atoms with Crippen molar-refractivity contribution in [3.8, 4) is 0 Å². The largest absolute Gasteiger partial charge is 0.480 e. The lowest BCUT2D eigenvalue weighted by Gasteiger charge is -2.32. The number of amides is 1. The van der Waals surface area contributed by atoms with Crippen molar-refractivity contribution in [3.05, 3.63) is 11.6 Å². The Morgan fingerprint density at radius 1 is 1.26 bits per heavy atom. The second-order valence-corrected chi connectivity index (χ2v) is 5.37. The van der Waals surface area contributed by atoms with Gasteiger partial charge in [0.2, 0.25) is 5.91 Å². The van der Waals surface area contributed by atoms with Crippen molar-refractivity contribution >= 4 is 11.9 Å². The highest BCUT2D eigenvalue weighted by atomic mass is 16.5.